The Morgan fingerprint density at radius 3 is 2.75 bits per heavy atom. The third-order valence-corrected chi connectivity index (χ3v) is 2.55. The fraction of sp³-hybridized carbons (Fsp3) is 0.250. The number of nitriles is 1. The van der Waals surface area contributed by atoms with Gasteiger partial charge in [-0.25, -0.2) is 4.68 Å². The van der Waals surface area contributed by atoms with Gasteiger partial charge in [0.25, 0.3) is 0 Å². The van der Waals surface area contributed by atoms with E-state index >= 15 is 0 Å². The molecule has 0 saturated heterocycles. The molecule has 0 fully saturated rings. The van der Waals surface area contributed by atoms with E-state index in [1.165, 1.54) is 0 Å². The Balaban J connectivity index is 2.62. The van der Waals surface area contributed by atoms with Gasteiger partial charge in [-0.3, -0.25) is 0 Å². The average Bonchev–Trinajstić information content (AvgIpc) is 2.72. The summed E-state index contributed by atoms with van der Waals surface area (Å²) in [5.74, 6) is 0. The number of rotatable bonds is 2. The monoisotopic (exact) mass is 212 g/mol. The SMILES string of the molecule is CCc1c(C#N)nnn1-c1ccccc1C. The molecule has 1 aromatic heterocycles. The zero-order valence-corrected chi connectivity index (χ0v) is 9.31. The van der Waals surface area contributed by atoms with Gasteiger partial charge >= 0.3 is 0 Å². The highest BCUT2D eigenvalue weighted by atomic mass is 15.4. The molecule has 0 unspecified atom stereocenters. The Kier molecular flexibility index (Phi) is 2.69. The molecule has 0 N–H and O–H groups in total. The van der Waals surface area contributed by atoms with Crippen molar-refractivity contribution in [3.8, 4) is 11.8 Å². The lowest BCUT2D eigenvalue weighted by Gasteiger charge is -2.07. The summed E-state index contributed by atoms with van der Waals surface area (Å²) < 4.78 is 1.74. The van der Waals surface area contributed by atoms with Crippen LogP contribution in [0, 0.1) is 18.3 Å². The lowest BCUT2D eigenvalue weighted by molar-refractivity contribution is 0.763. The highest BCUT2D eigenvalue weighted by Gasteiger charge is 2.12. The molecule has 16 heavy (non-hydrogen) atoms. The highest BCUT2D eigenvalue weighted by molar-refractivity contribution is 5.42. The number of nitrogens with zero attached hydrogens (tertiary/aromatic N) is 4. The quantitative estimate of drug-likeness (QED) is 0.765. The Morgan fingerprint density at radius 2 is 2.12 bits per heavy atom. The van der Waals surface area contributed by atoms with Crippen LogP contribution in [0.5, 0.6) is 0 Å². The summed E-state index contributed by atoms with van der Waals surface area (Å²) in [6.07, 6.45) is 0.740. The van der Waals surface area contributed by atoms with Crippen LogP contribution < -0.4 is 0 Å². The maximum Gasteiger partial charge on any atom is 0.186 e. The minimum atomic E-state index is 0.408. The fourth-order valence-electron chi connectivity index (χ4n) is 1.70. The molecule has 2 rings (SSSR count). The Labute approximate surface area is 94.1 Å². The van der Waals surface area contributed by atoms with E-state index in [1.54, 1.807) is 4.68 Å². The van der Waals surface area contributed by atoms with E-state index in [0.717, 1.165) is 23.4 Å². The van der Waals surface area contributed by atoms with Crippen LogP contribution in [0.2, 0.25) is 0 Å². The molecule has 0 spiro atoms. The van der Waals surface area contributed by atoms with Crippen molar-refractivity contribution >= 4 is 0 Å². The van der Waals surface area contributed by atoms with Gasteiger partial charge in [-0.05, 0) is 25.0 Å². The largest absolute Gasteiger partial charge is 0.216 e. The minimum Gasteiger partial charge on any atom is -0.216 e. The Bertz CT molecular complexity index is 548. The van der Waals surface area contributed by atoms with Crippen LogP contribution in [0.3, 0.4) is 0 Å². The number of aromatic nitrogens is 3. The fourth-order valence-corrected chi connectivity index (χ4v) is 1.70. The van der Waals surface area contributed by atoms with E-state index in [0.29, 0.717) is 5.69 Å². The van der Waals surface area contributed by atoms with Crippen LogP contribution in [0.4, 0.5) is 0 Å². The summed E-state index contributed by atoms with van der Waals surface area (Å²) in [5.41, 5.74) is 3.36. The van der Waals surface area contributed by atoms with Gasteiger partial charge in [-0.15, -0.1) is 5.10 Å². The van der Waals surface area contributed by atoms with E-state index in [-0.39, 0.29) is 0 Å². The van der Waals surface area contributed by atoms with Crippen molar-refractivity contribution in [2.45, 2.75) is 20.3 Å². The summed E-state index contributed by atoms with van der Waals surface area (Å²) in [5, 5.41) is 16.8. The van der Waals surface area contributed by atoms with Crippen molar-refractivity contribution in [1.82, 2.24) is 15.0 Å². The summed E-state index contributed by atoms with van der Waals surface area (Å²) in [6.45, 7) is 4.01. The van der Waals surface area contributed by atoms with E-state index in [4.69, 9.17) is 5.26 Å². The molecule has 0 saturated carbocycles. The molecule has 1 heterocycles. The van der Waals surface area contributed by atoms with Crippen molar-refractivity contribution in [1.29, 1.82) is 5.26 Å². The normalized spacial score (nSPS) is 10.1. The van der Waals surface area contributed by atoms with Crippen LogP contribution in [0.25, 0.3) is 5.69 Å². The molecule has 0 atom stereocenters. The molecule has 0 aliphatic carbocycles. The number of hydrogen-bond donors (Lipinski definition) is 0. The van der Waals surface area contributed by atoms with Gasteiger partial charge in [0.15, 0.2) is 5.69 Å². The molecule has 4 heteroatoms. The molecule has 80 valence electrons. The van der Waals surface area contributed by atoms with Crippen LogP contribution in [-0.2, 0) is 6.42 Å². The molecule has 2 aromatic rings. The molecule has 0 bridgehead atoms. The summed E-state index contributed by atoms with van der Waals surface area (Å²) in [7, 11) is 0. The first-order chi connectivity index (χ1) is 7.77. The van der Waals surface area contributed by atoms with E-state index in [1.807, 2.05) is 38.1 Å². The van der Waals surface area contributed by atoms with Crippen LogP contribution in [0.15, 0.2) is 24.3 Å². The molecule has 4 nitrogen and oxygen atoms in total. The standard InChI is InChI=1S/C12H12N4/c1-3-11-10(8-13)14-15-16(11)12-7-5-4-6-9(12)2/h4-7H,3H2,1-2H3. The van der Waals surface area contributed by atoms with Crippen molar-refractivity contribution in [3.05, 3.63) is 41.2 Å². The van der Waals surface area contributed by atoms with Gasteiger partial charge < -0.3 is 0 Å². The highest BCUT2D eigenvalue weighted by Crippen LogP contribution is 2.16. The second-order valence-electron chi connectivity index (χ2n) is 3.55. The van der Waals surface area contributed by atoms with Gasteiger partial charge in [0.2, 0.25) is 0 Å². The predicted molar refractivity (Wildman–Crippen MR) is 60.2 cm³/mol. The van der Waals surface area contributed by atoms with Gasteiger partial charge in [0.1, 0.15) is 6.07 Å². The lowest BCUT2D eigenvalue weighted by Crippen LogP contribution is -2.03. The molecular formula is C12H12N4. The van der Waals surface area contributed by atoms with E-state index < -0.39 is 0 Å². The smallest absolute Gasteiger partial charge is 0.186 e. The first-order valence-electron chi connectivity index (χ1n) is 5.18. The maximum absolute atomic E-state index is 8.91. The number of benzene rings is 1. The lowest BCUT2D eigenvalue weighted by atomic mass is 10.2. The van der Waals surface area contributed by atoms with Crippen molar-refractivity contribution in [3.63, 3.8) is 0 Å². The zero-order chi connectivity index (χ0) is 11.5. The summed E-state index contributed by atoms with van der Waals surface area (Å²) in [6, 6.07) is 9.99. The molecular weight excluding hydrogens is 200 g/mol. The molecule has 0 amide bonds. The third kappa shape index (κ3) is 1.57. The average molecular weight is 212 g/mol. The molecule has 0 radical (unpaired) electrons. The first-order valence-corrected chi connectivity index (χ1v) is 5.18. The predicted octanol–water partition coefficient (Wildman–Crippen LogP) is 2.01. The van der Waals surface area contributed by atoms with Gasteiger partial charge in [0, 0.05) is 0 Å². The summed E-state index contributed by atoms with van der Waals surface area (Å²) >= 11 is 0. The van der Waals surface area contributed by atoms with Crippen LogP contribution in [0.1, 0.15) is 23.9 Å². The molecule has 1 aromatic carbocycles. The van der Waals surface area contributed by atoms with Gasteiger partial charge in [-0.1, -0.05) is 30.3 Å². The minimum absolute atomic E-state index is 0.408. The van der Waals surface area contributed by atoms with Crippen LogP contribution in [-0.4, -0.2) is 15.0 Å². The number of hydrogen-bond acceptors (Lipinski definition) is 3. The Morgan fingerprint density at radius 1 is 1.38 bits per heavy atom. The van der Waals surface area contributed by atoms with Crippen molar-refractivity contribution < 1.29 is 0 Å². The topological polar surface area (TPSA) is 54.5 Å². The zero-order valence-electron chi connectivity index (χ0n) is 9.31. The Hall–Kier alpha value is -2.15. The number of aryl methyl sites for hydroxylation is 1. The van der Waals surface area contributed by atoms with E-state index in [9.17, 15) is 0 Å². The van der Waals surface area contributed by atoms with Crippen LogP contribution >= 0.6 is 0 Å². The van der Waals surface area contributed by atoms with Crippen molar-refractivity contribution in [2.24, 2.45) is 0 Å². The first kappa shape index (κ1) is 10.4. The molecule has 0 aliphatic heterocycles. The third-order valence-electron chi connectivity index (χ3n) is 2.55. The maximum atomic E-state index is 8.91. The second kappa shape index (κ2) is 4.15. The molecule has 0 aliphatic rings. The van der Waals surface area contributed by atoms with Crippen molar-refractivity contribution in [2.75, 3.05) is 0 Å². The van der Waals surface area contributed by atoms with Gasteiger partial charge in [-0.2, -0.15) is 5.26 Å². The van der Waals surface area contributed by atoms with Gasteiger partial charge in [0.05, 0.1) is 11.4 Å². The van der Waals surface area contributed by atoms with E-state index in [2.05, 4.69) is 16.4 Å². The second-order valence-corrected chi connectivity index (χ2v) is 3.55. The number of para-hydroxylation sites is 1. The summed E-state index contributed by atoms with van der Waals surface area (Å²) in [4.78, 5) is 0.